The number of aromatic nitrogens is 4. The summed E-state index contributed by atoms with van der Waals surface area (Å²) in [4.78, 5) is 26.5. The average molecular weight is 451 g/mol. The molecule has 0 bridgehead atoms. The van der Waals surface area contributed by atoms with Gasteiger partial charge in [-0.25, -0.2) is 9.97 Å². The third-order valence-corrected chi connectivity index (χ3v) is 5.23. The maximum absolute atomic E-state index is 13.5. The van der Waals surface area contributed by atoms with Crippen LogP contribution in [0.2, 0.25) is 0 Å². The molecule has 146 valence electrons. The highest BCUT2D eigenvalue weighted by Crippen LogP contribution is 2.26. The second-order valence-corrected chi connectivity index (χ2v) is 7.56. The highest BCUT2D eigenvalue weighted by molar-refractivity contribution is 9.10. The van der Waals surface area contributed by atoms with Crippen LogP contribution in [0.5, 0.6) is 0 Å². The van der Waals surface area contributed by atoms with Crippen LogP contribution in [0.25, 0.3) is 16.6 Å². The zero-order chi connectivity index (χ0) is 20.5. The molecule has 4 aromatic rings. The van der Waals surface area contributed by atoms with E-state index < -0.39 is 0 Å². The summed E-state index contributed by atoms with van der Waals surface area (Å²) in [5, 5.41) is 3.89. The number of nitrogen functional groups attached to an aromatic ring is 1. The van der Waals surface area contributed by atoms with Gasteiger partial charge in [0.25, 0.3) is 5.56 Å². The van der Waals surface area contributed by atoms with Crippen molar-refractivity contribution in [3.8, 4) is 5.69 Å². The van der Waals surface area contributed by atoms with Crippen molar-refractivity contribution in [3.05, 3.63) is 80.9 Å². The van der Waals surface area contributed by atoms with E-state index in [1.54, 1.807) is 10.8 Å². The van der Waals surface area contributed by atoms with Crippen molar-refractivity contribution in [1.82, 2.24) is 19.5 Å². The zero-order valence-electron chi connectivity index (χ0n) is 15.9. The lowest BCUT2D eigenvalue weighted by atomic mass is 10.1. The van der Waals surface area contributed by atoms with Gasteiger partial charge in [0.2, 0.25) is 5.95 Å². The second kappa shape index (κ2) is 7.63. The number of halogens is 1. The molecule has 0 saturated heterocycles. The van der Waals surface area contributed by atoms with Crippen molar-refractivity contribution in [3.63, 3.8) is 0 Å². The minimum Gasteiger partial charge on any atom is -0.368 e. The number of rotatable bonds is 4. The summed E-state index contributed by atoms with van der Waals surface area (Å²) >= 11 is 3.43. The maximum Gasteiger partial charge on any atom is 0.266 e. The number of hydrogen-bond donors (Lipinski definition) is 2. The Morgan fingerprint density at radius 2 is 1.86 bits per heavy atom. The van der Waals surface area contributed by atoms with Crippen LogP contribution >= 0.6 is 15.9 Å². The van der Waals surface area contributed by atoms with Crippen LogP contribution in [0.15, 0.2) is 64.0 Å². The molecular weight excluding hydrogens is 432 g/mol. The van der Waals surface area contributed by atoms with Crippen LogP contribution in [-0.2, 0) is 0 Å². The first-order chi connectivity index (χ1) is 14.0. The molecule has 0 radical (unpaired) electrons. The normalized spacial score (nSPS) is 12.1. The minimum absolute atomic E-state index is 0.107. The molecule has 4 rings (SSSR count). The number of nitrogens with one attached hydrogen (secondary N) is 1. The number of benzene rings is 2. The van der Waals surface area contributed by atoms with Crippen molar-refractivity contribution in [2.24, 2.45) is 0 Å². The number of aryl methyl sites for hydroxylation is 1. The maximum atomic E-state index is 13.5. The predicted molar refractivity (Wildman–Crippen MR) is 118 cm³/mol. The lowest BCUT2D eigenvalue weighted by molar-refractivity contribution is 0.730. The molecule has 0 aliphatic carbocycles. The Morgan fingerprint density at radius 1 is 1.10 bits per heavy atom. The molecule has 2 aromatic carbocycles. The van der Waals surface area contributed by atoms with Crippen molar-refractivity contribution < 1.29 is 0 Å². The molecule has 7 nitrogen and oxygen atoms in total. The monoisotopic (exact) mass is 450 g/mol. The number of anilines is 2. The fourth-order valence-corrected chi connectivity index (χ4v) is 3.59. The van der Waals surface area contributed by atoms with Crippen LogP contribution in [-0.4, -0.2) is 19.5 Å². The summed E-state index contributed by atoms with van der Waals surface area (Å²) in [7, 11) is 0. The highest BCUT2D eigenvalue weighted by atomic mass is 79.9. The van der Waals surface area contributed by atoms with Crippen LogP contribution in [0, 0.1) is 6.92 Å². The molecule has 1 atom stereocenters. The predicted octanol–water partition coefficient (Wildman–Crippen LogP) is 4.00. The summed E-state index contributed by atoms with van der Waals surface area (Å²) in [6.45, 7) is 3.84. The van der Waals surface area contributed by atoms with Crippen LogP contribution in [0.4, 0.5) is 11.8 Å². The summed E-state index contributed by atoms with van der Waals surface area (Å²) in [5.74, 6) is 1.26. The van der Waals surface area contributed by atoms with Crippen molar-refractivity contribution in [1.29, 1.82) is 0 Å². The number of para-hydroxylation sites is 1. The minimum atomic E-state index is -0.335. The van der Waals surface area contributed by atoms with E-state index in [0.717, 1.165) is 11.3 Å². The molecule has 0 spiro atoms. The van der Waals surface area contributed by atoms with E-state index in [1.165, 1.54) is 0 Å². The van der Waals surface area contributed by atoms with Gasteiger partial charge in [-0.2, -0.15) is 4.98 Å². The first-order valence-electron chi connectivity index (χ1n) is 9.08. The van der Waals surface area contributed by atoms with Gasteiger partial charge < -0.3 is 11.1 Å². The van der Waals surface area contributed by atoms with Crippen LogP contribution in [0.1, 0.15) is 24.4 Å². The fourth-order valence-electron chi connectivity index (χ4n) is 3.28. The number of nitrogens with zero attached hydrogens (tertiary/aromatic N) is 4. The Kier molecular flexibility index (Phi) is 5.02. The fraction of sp³-hybridized carbons (Fsp3) is 0.143. The molecule has 0 fully saturated rings. The second-order valence-electron chi connectivity index (χ2n) is 6.71. The molecule has 0 amide bonds. The van der Waals surface area contributed by atoms with Gasteiger partial charge in [-0.05, 0) is 53.5 Å². The van der Waals surface area contributed by atoms with Gasteiger partial charge in [-0.1, -0.05) is 30.3 Å². The SMILES string of the molecule is Cc1cccc2nc(C(C)Nc3nc(N)ncc3Br)n(-c3ccccc3)c(=O)c12. The molecule has 0 aliphatic rings. The van der Waals surface area contributed by atoms with E-state index in [4.69, 9.17) is 10.7 Å². The van der Waals surface area contributed by atoms with Gasteiger partial charge >= 0.3 is 0 Å². The first-order valence-corrected chi connectivity index (χ1v) is 9.87. The van der Waals surface area contributed by atoms with Crippen molar-refractivity contribution in [2.45, 2.75) is 19.9 Å². The Bertz CT molecular complexity index is 1260. The van der Waals surface area contributed by atoms with E-state index >= 15 is 0 Å². The molecule has 0 aliphatic heterocycles. The number of nitrogens with two attached hydrogens (primary N) is 1. The summed E-state index contributed by atoms with van der Waals surface area (Å²) < 4.78 is 2.31. The number of fused-ring (bicyclic) bond motifs is 1. The van der Waals surface area contributed by atoms with Crippen LogP contribution in [0.3, 0.4) is 0 Å². The van der Waals surface area contributed by atoms with Gasteiger partial charge in [0.05, 0.1) is 27.1 Å². The zero-order valence-corrected chi connectivity index (χ0v) is 17.5. The number of hydrogen-bond acceptors (Lipinski definition) is 6. The van der Waals surface area contributed by atoms with Crippen LogP contribution < -0.4 is 16.6 Å². The lowest BCUT2D eigenvalue weighted by Crippen LogP contribution is -2.28. The molecule has 1 unspecified atom stereocenters. The van der Waals surface area contributed by atoms with Gasteiger partial charge in [0.15, 0.2) is 0 Å². The average Bonchev–Trinajstić information content (AvgIpc) is 2.71. The third-order valence-electron chi connectivity index (χ3n) is 4.65. The highest BCUT2D eigenvalue weighted by Gasteiger charge is 2.20. The molecule has 0 saturated carbocycles. The van der Waals surface area contributed by atoms with E-state index in [9.17, 15) is 4.79 Å². The Morgan fingerprint density at radius 3 is 2.62 bits per heavy atom. The molecule has 3 N–H and O–H groups in total. The quantitative estimate of drug-likeness (QED) is 0.487. The first kappa shape index (κ1) is 19.1. The smallest absolute Gasteiger partial charge is 0.266 e. The summed E-state index contributed by atoms with van der Waals surface area (Å²) in [6.07, 6.45) is 1.58. The van der Waals surface area contributed by atoms with E-state index in [-0.39, 0.29) is 17.5 Å². The van der Waals surface area contributed by atoms with Crippen molar-refractivity contribution in [2.75, 3.05) is 11.1 Å². The van der Waals surface area contributed by atoms with E-state index in [1.807, 2.05) is 62.4 Å². The largest absolute Gasteiger partial charge is 0.368 e. The lowest BCUT2D eigenvalue weighted by Gasteiger charge is -2.21. The van der Waals surface area contributed by atoms with Gasteiger partial charge in [0, 0.05) is 6.20 Å². The molecule has 2 aromatic heterocycles. The Balaban J connectivity index is 1.93. The Labute approximate surface area is 175 Å². The summed E-state index contributed by atoms with van der Waals surface area (Å²) in [5.41, 5.74) is 7.92. The molecule has 29 heavy (non-hydrogen) atoms. The molecule has 8 heteroatoms. The van der Waals surface area contributed by atoms with E-state index in [2.05, 4.69) is 31.2 Å². The van der Waals surface area contributed by atoms with Crippen molar-refractivity contribution >= 4 is 38.6 Å². The summed E-state index contributed by atoms with van der Waals surface area (Å²) in [6, 6.07) is 14.8. The molecule has 2 heterocycles. The van der Waals surface area contributed by atoms with Gasteiger partial charge in [0.1, 0.15) is 11.6 Å². The Hall–Kier alpha value is -3.26. The standard InChI is InChI=1S/C21H19BrN6O/c1-12-7-6-10-16-17(12)20(29)28(14-8-4-3-5-9-14)19(26-16)13(2)25-18-15(22)11-24-21(23)27-18/h3-11,13H,1-2H3,(H3,23,24,25,27). The van der Waals surface area contributed by atoms with E-state index in [0.29, 0.717) is 27.0 Å². The van der Waals surface area contributed by atoms with Gasteiger partial charge in [-0.15, -0.1) is 0 Å². The molecular formula is C21H19BrN6O. The topological polar surface area (TPSA) is 98.7 Å². The third kappa shape index (κ3) is 3.58. The van der Waals surface area contributed by atoms with Gasteiger partial charge in [-0.3, -0.25) is 9.36 Å².